The average Bonchev–Trinajstić information content (AvgIpc) is 2.97. The van der Waals surface area contributed by atoms with Crippen LogP contribution in [0.4, 0.5) is 18.9 Å². The SMILES string of the molecule is Cc1nc2scnn2c1C(=O)Nc1ccccc1C(F)(F)F. The summed E-state index contributed by atoms with van der Waals surface area (Å²) < 4.78 is 40.1. The molecule has 1 aromatic carbocycles. The fourth-order valence-corrected chi connectivity index (χ4v) is 2.74. The minimum atomic E-state index is -4.55. The number of aryl methyl sites for hydroxylation is 1. The lowest BCUT2D eigenvalue weighted by atomic mass is 10.1. The number of halogens is 3. The molecule has 2 aromatic heterocycles. The molecule has 0 radical (unpaired) electrons. The van der Waals surface area contributed by atoms with E-state index in [2.05, 4.69) is 15.4 Å². The smallest absolute Gasteiger partial charge is 0.320 e. The van der Waals surface area contributed by atoms with E-state index in [1.165, 1.54) is 39.6 Å². The van der Waals surface area contributed by atoms with Crippen LogP contribution in [0.5, 0.6) is 0 Å². The first-order valence-electron chi connectivity index (χ1n) is 6.14. The fraction of sp³-hybridized carbons (Fsp3) is 0.154. The molecule has 3 rings (SSSR count). The van der Waals surface area contributed by atoms with E-state index in [1.54, 1.807) is 6.92 Å². The Bertz CT molecular complexity index is 852. The number of hydrogen-bond acceptors (Lipinski definition) is 4. The first kappa shape index (κ1) is 14.5. The van der Waals surface area contributed by atoms with Gasteiger partial charge in [0.25, 0.3) is 5.91 Å². The second-order valence-corrected chi connectivity index (χ2v) is 5.29. The van der Waals surface area contributed by atoms with E-state index in [-0.39, 0.29) is 11.4 Å². The first-order chi connectivity index (χ1) is 10.4. The number of nitrogens with zero attached hydrogens (tertiary/aromatic N) is 3. The van der Waals surface area contributed by atoms with Crippen LogP contribution in [0.3, 0.4) is 0 Å². The van der Waals surface area contributed by atoms with Crippen LogP contribution in [-0.2, 0) is 6.18 Å². The van der Waals surface area contributed by atoms with Gasteiger partial charge >= 0.3 is 6.18 Å². The van der Waals surface area contributed by atoms with Crippen molar-refractivity contribution in [1.82, 2.24) is 14.6 Å². The largest absolute Gasteiger partial charge is 0.418 e. The van der Waals surface area contributed by atoms with Gasteiger partial charge < -0.3 is 5.32 Å². The second-order valence-electron chi connectivity index (χ2n) is 4.48. The zero-order chi connectivity index (χ0) is 15.9. The van der Waals surface area contributed by atoms with Gasteiger partial charge in [-0.1, -0.05) is 23.5 Å². The molecular formula is C13H9F3N4OS. The molecule has 1 N–H and O–H groups in total. The Balaban J connectivity index is 1.99. The molecule has 0 aliphatic carbocycles. The summed E-state index contributed by atoms with van der Waals surface area (Å²) in [6.07, 6.45) is -4.55. The number of benzene rings is 1. The average molecular weight is 326 g/mol. The lowest BCUT2D eigenvalue weighted by Gasteiger charge is -2.13. The Labute approximate surface area is 126 Å². The quantitative estimate of drug-likeness (QED) is 0.785. The highest BCUT2D eigenvalue weighted by Gasteiger charge is 2.34. The molecule has 114 valence electrons. The number of anilines is 1. The van der Waals surface area contributed by atoms with Gasteiger partial charge in [-0.2, -0.15) is 22.8 Å². The summed E-state index contributed by atoms with van der Waals surface area (Å²) in [4.78, 5) is 17.0. The van der Waals surface area contributed by atoms with Crippen molar-refractivity contribution >= 4 is 27.9 Å². The number of amides is 1. The molecule has 0 saturated carbocycles. The van der Waals surface area contributed by atoms with Gasteiger partial charge in [0.15, 0.2) is 5.69 Å². The number of carbonyl (C=O) groups excluding carboxylic acids is 1. The molecule has 9 heteroatoms. The molecule has 1 amide bonds. The maximum Gasteiger partial charge on any atom is 0.418 e. The van der Waals surface area contributed by atoms with Gasteiger partial charge in [-0.05, 0) is 19.1 Å². The molecule has 0 saturated heterocycles. The van der Waals surface area contributed by atoms with Crippen LogP contribution in [-0.4, -0.2) is 20.5 Å². The Morgan fingerprint density at radius 3 is 2.77 bits per heavy atom. The zero-order valence-electron chi connectivity index (χ0n) is 11.2. The number of imidazole rings is 1. The van der Waals surface area contributed by atoms with Crippen molar-refractivity contribution < 1.29 is 18.0 Å². The van der Waals surface area contributed by atoms with Crippen LogP contribution < -0.4 is 5.32 Å². The molecule has 0 bridgehead atoms. The summed E-state index contributed by atoms with van der Waals surface area (Å²) in [7, 11) is 0. The van der Waals surface area contributed by atoms with Crippen LogP contribution in [0.1, 0.15) is 21.7 Å². The Hall–Kier alpha value is -2.42. The van der Waals surface area contributed by atoms with Crippen molar-refractivity contribution in [3.8, 4) is 0 Å². The summed E-state index contributed by atoms with van der Waals surface area (Å²) in [5.41, 5.74) is 0.821. The van der Waals surface area contributed by atoms with E-state index in [0.29, 0.717) is 10.7 Å². The predicted octanol–water partition coefficient (Wildman–Crippen LogP) is 3.37. The highest BCUT2D eigenvalue weighted by atomic mass is 32.1. The zero-order valence-corrected chi connectivity index (χ0v) is 12.0. The first-order valence-corrected chi connectivity index (χ1v) is 7.02. The maximum atomic E-state index is 12.9. The third-order valence-corrected chi connectivity index (χ3v) is 3.69. The van der Waals surface area contributed by atoms with Crippen molar-refractivity contribution in [1.29, 1.82) is 0 Å². The van der Waals surface area contributed by atoms with E-state index in [9.17, 15) is 18.0 Å². The van der Waals surface area contributed by atoms with Gasteiger partial charge in [0.1, 0.15) is 5.51 Å². The normalized spacial score (nSPS) is 11.8. The predicted molar refractivity (Wildman–Crippen MR) is 75.0 cm³/mol. The van der Waals surface area contributed by atoms with Gasteiger partial charge in [0.2, 0.25) is 4.96 Å². The molecule has 0 atom stereocenters. The fourth-order valence-electron chi connectivity index (χ4n) is 2.08. The Morgan fingerprint density at radius 1 is 1.32 bits per heavy atom. The number of para-hydroxylation sites is 1. The third-order valence-electron chi connectivity index (χ3n) is 3.02. The van der Waals surface area contributed by atoms with Gasteiger partial charge in [0, 0.05) is 0 Å². The number of aromatic nitrogens is 3. The highest BCUT2D eigenvalue weighted by Crippen LogP contribution is 2.34. The maximum absolute atomic E-state index is 12.9. The van der Waals surface area contributed by atoms with E-state index >= 15 is 0 Å². The number of fused-ring (bicyclic) bond motifs is 1. The van der Waals surface area contributed by atoms with Crippen molar-refractivity contribution in [3.05, 3.63) is 46.7 Å². The molecule has 2 heterocycles. The van der Waals surface area contributed by atoms with Crippen molar-refractivity contribution in [2.24, 2.45) is 0 Å². The number of alkyl halides is 3. The molecule has 22 heavy (non-hydrogen) atoms. The molecule has 0 aliphatic rings. The third kappa shape index (κ3) is 2.43. The van der Waals surface area contributed by atoms with Crippen molar-refractivity contribution in [2.45, 2.75) is 13.1 Å². The summed E-state index contributed by atoms with van der Waals surface area (Å²) >= 11 is 1.23. The van der Waals surface area contributed by atoms with Crippen LogP contribution in [0.15, 0.2) is 29.8 Å². The summed E-state index contributed by atoms with van der Waals surface area (Å²) in [6, 6.07) is 4.81. The van der Waals surface area contributed by atoms with Crippen LogP contribution >= 0.6 is 11.3 Å². The minimum absolute atomic E-state index is 0.119. The highest BCUT2D eigenvalue weighted by molar-refractivity contribution is 7.14. The number of rotatable bonds is 2. The number of carbonyl (C=O) groups is 1. The Kier molecular flexibility index (Phi) is 3.36. The van der Waals surface area contributed by atoms with Crippen LogP contribution in [0.25, 0.3) is 4.96 Å². The summed E-state index contributed by atoms with van der Waals surface area (Å²) in [5.74, 6) is -0.687. The second kappa shape index (κ2) is 5.09. The van der Waals surface area contributed by atoms with E-state index in [1.807, 2.05) is 0 Å². The van der Waals surface area contributed by atoms with Crippen molar-refractivity contribution in [3.63, 3.8) is 0 Å². The monoisotopic (exact) mass is 326 g/mol. The molecular weight excluding hydrogens is 317 g/mol. The van der Waals surface area contributed by atoms with Gasteiger partial charge in [-0.25, -0.2) is 4.98 Å². The van der Waals surface area contributed by atoms with E-state index in [0.717, 1.165) is 6.07 Å². The number of nitrogens with one attached hydrogen (secondary N) is 1. The standard InChI is InChI=1S/C13H9F3N4OS/c1-7-10(20-12(18-7)22-6-17-20)11(21)19-9-5-3-2-4-8(9)13(14,15)16/h2-6H,1H3,(H,19,21). The van der Waals surface area contributed by atoms with Crippen LogP contribution in [0.2, 0.25) is 0 Å². The van der Waals surface area contributed by atoms with Crippen LogP contribution in [0, 0.1) is 6.92 Å². The molecule has 0 aliphatic heterocycles. The molecule has 0 fully saturated rings. The minimum Gasteiger partial charge on any atom is -0.320 e. The lowest BCUT2D eigenvalue weighted by molar-refractivity contribution is -0.136. The van der Waals surface area contributed by atoms with E-state index < -0.39 is 17.6 Å². The summed E-state index contributed by atoms with van der Waals surface area (Å²) in [6.45, 7) is 1.60. The molecule has 5 nitrogen and oxygen atoms in total. The Morgan fingerprint density at radius 2 is 2.05 bits per heavy atom. The summed E-state index contributed by atoms with van der Waals surface area (Å²) in [5, 5.41) is 6.25. The molecule has 0 spiro atoms. The molecule has 0 unspecified atom stereocenters. The van der Waals surface area contributed by atoms with Gasteiger partial charge in [0.05, 0.1) is 16.9 Å². The van der Waals surface area contributed by atoms with Gasteiger partial charge in [-0.3, -0.25) is 4.79 Å². The van der Waals surface area contributed by atoms with Crippen molar-refractivity contribution in [2.75, 3.05) is 5.32 Å². The van der Waals surface area contributed by atoms with E-state index in [4.69, 9.17) is 0 Å². The molecule has 3 aromatic rings. The van der Waals surface area contributed by atoms with Gasteiger partial charge in [-0.15, -0.1) is 0 Å². The number of hydrogen-bond donors (Lipinski definition) is 1. The topological polar surface area (TPSA) is 59.3 Å². The lowest BCUT2D eigenvalue weighted by Crippen LogP contribution is -2.19.